The molecule has 4 aromatic carbocycles. The molecule has 6 rings (SSSR count). The van der Waals surface area contributed by atoms with Crippen LogP contribution in [0.3, 0.4) is 0 Å². The van der Waals surface area contributed by atoms with E-state index < -0.39 is 0 Å². The Kier molecular flexibility index (Phi) is 6.52. The average Bonchev–Trinajstić information content (AvgIpc) is 3.35. The second kappa shape index (κ2) is 10.4. The van der Waals surface area contributed by atoms with Gasteiger partial charge in [-0.15, -0.1) is 0 Å². The minimum absolute atomic E-state index is 0.467. The van der Waals surface area contributed by atoms with Crippen molar-refractivity contribution in [1.29, 1.82) is 10.5 Å². The summed E-state index contributed by atoms with van der Waals surface area (Å²) in [6.07, 6.45) is 14.9. The van der Waals surface area contributed by atoms with Crippen LogP contribution < -0.4 is 4.90 Å². The highest BCUT2D eigenvalue weighted by Crippen LogP contribution is 2.40. The number of anilines is 1. The topological polar surface area (TPSA) is 55.8 Å². The normalized spacial score (nSPS) is 13.6. The van der Waals surface area contributed by atoms with E-state index in [0.717, 1.165) is 51.7 Å². The zero-order chi connectivity index (χ0) is 27.6. The Morgan fingerprint density at radius 1 is 0.875 bits per heavy atom. The molecule has 40 heavy (non-hydrogen) atoms. The lowest BCUT2D eigenvalue weighted by molar-refractivity contribution is 0.900. The molecule has 5 aromatic rings. The second-order valence-corrected chi connectivity index (χ2v) is 9.88. The van der Waals surface area contributed by atoms with Crippen LogP contribution in [0.4, 0.5) is 5.69 Å². The van der Waals surface area contributed by atoms with Crippen molar-refractivity contribution in [1.82, 2.24) is 4.57 Å². The molecule has 4 nitrogen and oxygen atoms in total. The monoisotopic (exact) mass is 516 g/mol. The quantitative estimate of drug-likeness (QED) is 0.219. The summed E-state index contributed by atoms with van der Waals surface area (Å²) in [6, 6.07) is 29.2. The molecule has 0 radical (unpaired) electrons. The van der Waals surface area contributed by atoms with Crippen LogP contribution in [0, 0.1) is 22.7 Å². The fourth-order valence-corrected chi connectivity index (χ4v) is 5.79. The molecule has 0 fully saturated rings. The molecule has 0 amide bonds. The van der Waals surface area contributed by atoms with E-state index in [1.165, 1.54) is 16.5 Å². The zero-order valence-corrected chi connectivity index (χ0v) is 22.6. The lowest BCUT2D eigenvalue weighted by Gasteiger charge is -2.30. The van der Waals surface area contributed by atoms with Gasteiger partial charge in [0.2, 0.25) is 0 Å². The second-order valence-electron chi connectivity index (χ2n) is 9.88. The van der Waals surface area contributed by atoms with Crippen LogP contribution in [0.25, 0.3) is 38.3 Å². The average molecular weight is 517 g/mol. The molecule has 0 saturated carbocycles. The van der Waals surface area contributed by atoms with Gasteiger partial charge in [-0.05, 0) is 92.1 Å². The number of nitrogens with zero attached hydrogens (tertiary/aromatic N) is 4. The van der Waals surface area contributed by atoms with Gasteiger partial charge in [-0.1, -0.05) is 54.6 Å². The maximum atomic E-state index is 9.69. The summed E-state index contributed by atoms with van der Waals surface area (Å²) in [4.78, 5) is 2.35. The van der Waals surface area contributed by atoms with Crippen LogP contribution in [0.2, 0.25) is 0 Å². The number of nitriles is 2. The summed E-state index contributed by atoms with van der Waals surface area (Å²) in [6.45, 7) is 4.12. The Labute approximate surface area is 234 Å². The summed E-state index contributed by atoms with van der Waals surface area (Å²) < 4.78 is 2.18. The fraction of sp³-hybridized carbons (Fsp3) is 0.111. The lowest BCUT2D eigenvalue weighted by Crippen LogP contribution is -2.21. The van der Waals surface area contributed by atoms with Crippen molar-refractivity contribution in [3.63, 3.8) is 0 Å². The van der Waals surface area contributed by atoms with Crippen molar-refractivity contribution in [2.45, 2.75) is 26.7 Å². The van der Waals surface area contributed by atoms with Gasteiger partial charge in [0.25, 0.3) is 0 Å². The smallest absolute Gasteiger partial charge is 0.0992 e. The van der Waals surface area contributed by atoms with E-state index in [2.05, 4.69) is 120 Å². The Bertz CT molecular complexity index is 1970. The summed E-state index contributed by atoms with van der Waals surface area (Å²) in [5.74, 6) is 0. The van der Waals surface area contributed by atoms with Crippen LogP contribution in [0.5, 0.6) is 0 Å². The van der Waals surface area contributed by atoms with Crippen molar-refractivity contribution in [2.75, 3.05) is 4.90 Å². The zero-order valence-electron chi connectivity index (χ0n) is 22.6. The van der Waals surface area contributed by atoms with Crippen LogP contribution in [-0.4, -0.2) is 4.57 Å². The number of benzene rings is 4. The summed E-state index contributed by atoms with van der Waals surface area (Å²) in [7, 11) is 0. The number of aromatic nitrogens is 1. The third-order valence-electron chi connectivity index (χ3n) is 7.50. The predicted octanol–water partition coefficient (Wildman–Crippen LogP) is 9.20. The van der Waals surface area contributed by atoms with Gasteiger partial charge in [0.1, 0.15) is 0 Å². The third-order valence-corrected chi connectivity index (χ3v) is 7.50. The minimum Gasteiger partial charge on any atom is -0.315 e. The van der Waals surface area contributed by atoms with E-state index in [4.69, 9.17) is 0 Å². The van der Waals surface area contributed by atoms with Gasteiger partial charge in [0, 0.05) is 33.5 Å². The van der Waals surface area contributed by atoms with Crippen LogP contribution in [0.15, 0.2) is 121 Å². The molecule has 0 atom stereocenters. The highest BCUT2D eigenvalue weighted by atomic mass is 15.2. The molecule has 0 saturated heterocycles. The highest BCUT2D eigenvalue weighted by molar-refractivity contribution is 6.21. The predicted molar refractivity (Wildman–Crippen MR) is 165 cm³/mol. The summed E-state index contributed by atoms with van der Waals surface area (Å²) in [5, 5.41) is 24.0. The number of fused-ring (bicyclic) bond motifs is 5. The molecular formula is C36H28N4. The van der Waals surface area contributed by atoms with Crippen molar-refractivity contribution in [3.05, 3.63) is 132 Å². The van der Waals surface area contributed by atoms with Crippen molar-refractivity contribution in [3.8, 4) is 17.8 Å². The minimum atomic E-state index is 0.467. The van der Waals surface area contributed by atoms with Gasteiger partial charge < -0.3 is 9.47 Å². The molecule has 1 heterocycles. The molecule has 0 spiro atoms. The molecule has 0 aliphatic heterocycles. The van der Waals surface area contributed by atoms with Crippen molar-refractivity contribution >= 4 is 38.3 Å². The van der Waals surface area contributed by atoms with Crippen LogP contribution >= 0.6 is 0 Å². The van der Waals surface area contributed by atoms with Gasteiger partial charge >= 0.3 is 0 Å². The Morgan fingerprint density at radius 3 is 2.35 bits per heavy atom. The van der Waals surface area contributed by atoms with Crippen molar-refractivity contribution < 1.29 is 0 Å². The maximum absolute atomic E-state index is 9.69. The van der Waals surface area contributed by atoms with Gasteiger partial charge in [-0.2, -0.15) is 10.5 Å². The number of hydrogen-bond acceptors (Lipinski definition) is 3. The standard InChI is InChI=1S/C36H28N4/c1-3-10-28(4-2)39(29-12-6-5-7-13-29)30-16-18-34-33(22-30)36-32-14-9-8-11-27(32)15-17-35(36)40(34)31-20-25(23-37)19-26(21-31)24-38/h3-6,8-12,14-22H,7,13H2,1-2H3/b10-3-,28-4+. The largest absolute Gasteiger partial charge is 0.315 e. The Hall–Kier alpha value is -5.32. The van der Waals surface area contributed by atoms with Crippen LogP contribution in [0.1, 0.15) is 37.8 Å². The summed E-state index contributed by atoms with van der Waals surface area (Å²) in [5.41, 5.74) is 7.27. The van der Waals surface area contributed by atoms with Gasteiger partial charge in [0.05, 0.1) is 34.3 Å². The third kappa shape index (κ3) is 4.17. The SMILES string of the molecule is C/C=C\C(=C/C)N(C1=CC=CCC1)c1ccc2c(c1)c1c3ccccc3ccc1n2-c1cc(C#N)cc(C#N)c1. The number of allylic oxidation sites excluding steroid dienone is 7. The molecule has 1 aromatic heterocycles. The number of rotatable bonds is 5. The first-order valence-corrected chi connectivity index (χ1v) is 13.5. The Morgan fingerprint density at radius 2 is 1.65 bits per heavy atom. The van der Waals surface area contributed by atoms with E-state index in [-0.39, 0.29) is 0 Å². The van der Waals surface area contributed by atoms with Gasteiger partial charge in [0.15, 0.2) is 0 Å². The van der Waals surface area contributed by atoms with E-state index in [9.17, 15) is 10.5 Å². The molecule has 1 aliphatic rings. The Balaban J connectivity index is 1.71. The van der Waals surface area contributed by atoms with E-state index in [1.54, 1.807) is 6.07 Å². The fourth-order valence-electron chi connectivity index (χ4n) is 5.79. The van der Waals surface area contributed by atoms with E-state index in [0.29, 0.717) is 11.1 Å². The molecule has 4 heteroatoms. The van der Waals surface area contributed by atoms with E-state index in [1.807, 2.05) is 19.1 Å². The summed E-state index contributed by atoms with van der Waals surface area (Å²) >= 11 is 0. The molecule has 0 N–H and O–H groups in total. The first-order valence-electron chi connectivity index (χ1n) is 13.5. The molecule has 192 valence electrons. The van der Waals surface area contributed by atoms with Gasteiger partial charge in [-0.25, -0.2) is 0 Å². The molecule has 1 aliphatic carbocycles. The van der Waals surface area contributed by atoms with Crippen molar-refractivity contribution in [2.24, 2.45) is 0 Å². The van der Waals surface area contributed by atoms with E-state index >= 15 is 0 Å². The molecule has 0 bridgehead atoms. The maximum Gasteiger partial charge on any atom is 0.0992 e. The lowest BCUT2D eigenvalue weighted by atomic mass is 10.0. The first kappa shape index (κ1) is 25.0. The van der Waals surface area contributed by atoms with Crippen LogP contribution in [-0.2, 0) is 0 Å². The molecule has 0 unspecified atom stereocenters. The first-order chi connectivity index (χ1) is 19.7. The number of hydrogen-bond donors (Lipinski definition) is 0. The molecular weight excluding hydrogens is 488 g/mol. The highest BCUT2D eigenvalue weighted by Gasteiger charge is 2.20. The van der Waals surface area contributed by atoms with Gasteiger partial charge in [-0.3, -0.25) is 0 Å².